The van der Waals surface area contributed by atoms with Crippen LogP contribution < -0.4 is 10.2 Å². The highest BCUT2D eigenvalue weighted by Crippen LogP contribution is 2.18. The molecule has 0 amide bonds. The van der Waals surface area contributed by atoms with Gasteiger partial charge in [-0.25, -0.2) is 9.37 Å². The Morgan fingerprint density at radius 1 is 1.30 bits per heavy atom. The van der Waals surface area contributed by atoms with Gasteiger partial charge in [0, 0.05) is 19.3 Å². The first-order chi connectivity index (χ1) is 11.2. The minimum Gasteiger partial charge on any atom is -0.378 e. The fourth-order valence-corrected chi connectivity index (χ4v) is 2.22. The third-order valence-corrected chi connectivity index (χ3v) is 3.39. The molecule has 1 N–H and O–H groups in total. The van der Waals surface area contributed by atoms with Gasteiger partial charge >= 0.3 is 0 Å². The third kappa shape index (κ3) is 3.78. The number of hydrogen-bond acceptors (Lipinski definition) is 7. The maximum absolute atomic E-state index is 13.9. The number of ketones is 1. The summed E-state index contributed by atoms with van der Waals surface area (Å²) in [6.45, 7) is 2.19. The van der Waals surface area contributed by atoms with Gasteiger partial charge < -0.3 is 15.0 Å². The molecular formula is C15H16FN5O2. The number of nitrogens with zero attached hydrogens (tertiary/aromatic N) is 4. The molecule has 0 spiro atoms. The molecule has 1 aliphatic rings. The summed E-state index contributed by atoms with van der Waals surface area (Å²) in [5.74, 6) is -0.256. The van der Waals surface area contributed by atoms with Gasteiger partial charge in [-0.2, -0.15) is 4.98 Å². The van der Waals surface area contributed by atoms with Crippen LogP contribution in [0.1, 0.15) is 10.5 Å². The van der Waals surface area contributed by atoms with Crippen LogP contribution in [0.15, 0.2) is 30.6 Å². The molecule has 3 rings (SSSR count). The molecule has 0 radical (unpaired) electrons. The molecule has 0 aliphatic carbocycles. The number of carbonyl (C=O) groups excluding carboxylic acids is 1. The van der Waals surface area contributed by atoms with Crippen LogP contribution in [0.2, 0.25) is 0 Å². The van der Waals surface area contributed by atoms with Crippen LogP contribution in [0.25, 0.3) is 0 Å². The summed E-state index contributed by atoms with van der Waals surface area (Å²) in [5, 5.41) is 2.81. The van der Waals surface area contributed by atoms with Gasteiger partial charge in [-0.05, 0) is 12.1 Å². The number of nitrogens with one attached hydrogen (secondary N) is 1. The van der Waals surface area contributed by atoms with E-state index >= 15 is 0 Å². The average molecular weight is 317 g/mol. The number of morpholine rings is 1. The van der Waals surface area contributed by atoms with E-state index in [0.717, 1.165) is 6.20 Å². The van der Waals surface area contributed by atoms with Crippen molar-refractivity contribution in [1.82, 2.24) is 15.0 Å². The molecule has 0 atom stereocenters. The summed E-state index contributed by atoms with van der Waals surface area (Å²) in [6, 6.07) is 5.11. The Balaban J connectivity index is 1.67. The molecule has 0 unspecified atom stereocenters. The molecule has 1 saturated heterocycles. The molecule has 0 bridgehead atoms. The summed E-state index contributed by atoms with van der Waals surface area (Å²) >= 11 is 0. The van der Waals surface area contributed by atoms with E-state index in [1.165, 1.54) is 0 Å². The first-order valence-electron chi connectivity index (χ1n) is 7.27. The SMILES string of the molecule is O=C(CNc1ncc(F)c(N2CCOCC2)n1)c1ccccn1. The van der Waals surface area contributed by atoms with Gasteiger partial charge in [0.15, 0.2) is 17.4 Å². The second kappa shape index (κ2) is 7.10. The average Bonchev–Trinajstić information content (AvgIpc) is 2.62. The van der Waals surface area contributed by atoms with E-state index in [0.29, 0.717) is 32.0 Å². The van der Waals surface area contributed by atoms with Crippen LogP contribution in [0, 0.1) is 5.82 Å². The van der Waals surface area contributed by atoms with Crippen molar-refractivity contribution >= 4 is 17.5 Å². The molecule has 8 heteroatoms. The lowest BCUT2D eigenvalue weighted by atomic mass is 10.2. The van der Waals surface area contributed by atoms with E-state index in [9.17, 15) is 9.18 Å². The molecule has 1 aliphatic heterocycles. The monoisotopic (exact) mass is 317 g/mol. The van der Waals surface area contributed by atoms with Gasteiger partial charge in [-0.1, -0.05) is 6.07 Å². The van der Waals surface area contributed by atoms with E-state index in [4.69, 9.17) is 4.74 Å². The summed E-state index contributed by atoms with van der Waals surface area (Å²) < 4.78 is 19.2. The number of carbonyl (C=O) groups is 1. The fourth-order valence-electron chi connectivity index (χ4n) is 2.22. The predicted octanol–water partition coefficient (Wildman–Crippen LogP) is 1.14. The highest BCUT2D eigenvalue weighted by atomic mass is 19.1. The van der Waals surface area contributed by atoms with Crippen molar-refractivity contribution in [1.29, 1.82) is 0 Å². The van der Waals surface area contributed by atoms with Crippen molar-refractivity contribution in [3.8, 4) is 0 Å². The summed E-state index contributed by atoms with van der Waals surface area (Å²) in [7, 11) is 0. The molecule has 2 aromatic heterocycles. The number of halogens is 1. The van der Waals surface area contributed by atoms with Gasteiger partial charge in [-0.3, -0.25) is 9.78 Å². The molecule has 7 nitrogen and oxygen atoms in total. The second-order valence-corrected chi connectivity index (χ2v) is 4.96. The minimum absolute atomic E-state index is 0.00873. The molecule has 0 saturated carbocycles. The van der Waals surface area contributed by atoms with Crippen LogP contribution >= 0.6 is 0 Å². The Labute approximate surface area is 132 Å². The smallest absolute Gasteiger partial charge is 0.225 e. The molecule has 0 aromatic carbocycles. The summed E-state index contributed by atoms with van der Waals surface area (Å²) in [5.41, 5.74) is 0.357. The van der Waals surface area contributed by atoms with Gasteiger partial charge in [0.2, 0.25) is 5.95 Å². The standard InChI is InChI=1S/C15H16FN5O2/c16-11-9-18-15(20-14(11)21-5-7-23-8-6-21)19-10-13(22)12-3-1-2-4-17-12/h1-4,9H,5-8,10H2,(H,18,19,20). The Hall–Kier alpha value is -2.61. The van der Waals surface area contributed by atoms with Crippen molar-refractivity contribution in [2.45, 2.75) is 0 Å². The molecule has 23 heavy (non-hydrogen) atoms. The van der Waals surface area contributed by atoms with Crippen molar-refractivity contribution in [2.75, 3.05) is 43.1 Å². The van der Waals surface area contributed by atoms with Gasteiger partial charge in [-0.15, -0.1) is 0 Å². The van der Waals surface area contributed by atoms with Crippen LogP contribution in [0.5, 0.6) is 0 Å². The minimum atomic E-state index is -0.492. The number of hydrogen-bond donors (Lipinski definition) is 1. The number of Topliss-reactive ketones (excluding diaryl/α,β-unsaturated/α-hetero) is 1. The van der Waals surface area contributed by atoms with Gasteiger partial charge in [0.1, 0.15) is 5.69 Å². The molecular weight excluding hydrogens is 301 g/mol. The first-order valence-corrected chi connectivity index (χ1v) is 7.27. The van der Waals surface area contributed by atoms with Crippen molar-refractivity contribution in [3.63, 3.8) is 0 Å². The highest BCUT2D eigenvalue weighted by molar-refractivity contribution is 5.97. The van der Waals surface area contributed by atoms with Crippen molar-refractivity contribution in [2.24, 2.45) is 0 Å². The van der Waals surface area contributed by atoms with Gasteiger partial charge in [0.05, 0.1) is 26.0 Å². The zero-order valence-electron chi connectivity index (χ0n) is 12.4. The Bertz CT molecular complexity index is 677. The van der Waals surface area contributed by atoms with Crippen LogP contribution in [0.3, 0.4) is 0 Å². The van der Waals surface area contributed by atoms with E-state index < -0.39 is 5.82 Å². The molecule has 3 heterocycles. The first kappa shape index (κ1) is 15.3. The second-order valence-electron chi connectivity index (χ2n) is 4.96. The maximum atomic E-state index is 13.9. The molecule has 2 aromatic rings. The van der Waals surface area contributed by atoms with Crippen LogP contribution in [-0.2, 0) is 4.74 Å². The Morgan fingerprint density at radius 3 is 2.87 bits per heavy atom. The van der Waals surface area contributed by atoms with E-state index in [-0.39, 0.29) is 24.1 Å². The highest BCUT2D eigenvalue weighted by Gasteiger charge is 2.18. The Morgan fingerprint density at radius 2 is 2.13 bits per heavy atom. The number of aromatic nitrogens is 3. The maximum Gasteiger partial charge on any atom is 0.225 e. The van der Waals surface area contributed by atoms with Crippen molar-refractivity contribution < 1.29 is 13.9 Å². The molecule has 120 valence electrons. The molecule has 1 fully saturated rings. The van der Waals surface area contributed by atoms with E-state index in [1.807, 2.05) is 0 Å². The normalized spacial score (nSPS) is 14.6. The number of anilines is 2. The van der Waals surface area contributed by atoms with E-state index in [1.54, 1.807) is 29.3 Å². The van der Waals surface area contributed by atoms with Crippen LogP contribution in [-0.4, -0.2) is 53.6 Å². The topological polar surface area (TPSA) is 80.2 Å². The predicted molar refractivity (Wildman–Crippen MR) is 82.1 cm³/mol. The lowest BCUT2D eigenvalue weighted by molar-refractivity contribution is 0.100. The van der Waals surface area contributed by atoms with Crippen LogP contribution in [0.4, 0.5) is 16.2 Å². The van der Waals surface area contributed by atoms with E-state index in [2.05, 4.69) is 20.3 Å². The summed E-state index contributed by atoms with van der Waals surface area (Å²) in [4.78, 5) is 25.8. The number of ether oxygens (including phenoxy) is 1. The number of rotatable bonds is 5. The summed E-state index contributed by atoms with van der Waals surface area (Å²) in [6.07, 6.45) is 2.66. The third-order valence-electron chi connectivity index (χ3n) is 3.39. The van der Waals surface area contributed by atoms with Crippen molar-refractivity contribution in [3.05, 3.63) is 42.1 Å². The quantitative estimate of drug-likeness (QED) is 0.828. The fraction of sp³-hybridized carbons (Fsp3) is 0.333. The zero-order chi connectivity index (χ0) is 16.1. The largest absolute Gasteiger partial charge is 0.378 e. The Kier molecular flexibility index (Phi) is 4.72. The lowest BCUT2D eigenvalue weighted by Crippen LogP contribution is -2.37. The zero-order valence-corrected chi connectivity index (χ0v) is 12.4. The van der Waals surface area contributed by atoms with Gasteiger partial charge in [0.25, 0.3) is 0 Å². The number of pyridine rings is 1. The lowest BCUT2D eigenvalue weighted by Gasteiger charge is -2.28.